The van der Waals surface area contributed by atoms with Gasteiger partial charge < -0.3 is 19.3 Å². The summed E-state index contributed by atoms with van der Waals surface area (Å²) in [6.45, 7) is 28.9. The molecule has 0 saturated heterocycles. The minimum atomic E-state index is -0.711. The molecule has 16 heteroatoms. The molecule has 124 heavy (non-hydrogen) atoms. The van der Waals surface area contributed by atoms with Gasteiger partial charge in [-0.1, -0.05) is 227 Å². The summed E-state index contributed by atoms with van der Waals surface area (Å²) in [5, 5.41) is 6.84. The summed E-state index contributed by atoms with van der Waals surface area (Å²) in [6.07, 6.45) is 27.0. The van der Waals surface area contributed by atoms with E-state index >= 15 is 38.4 Å². The minimum absolute atomic E-state index is 0.0101. The lowest BCUT2D eigenvalue weighted by Crippen LogP contribution is -2.46. The molecule has 1 unspecified atom stereocenters. The fourth-order valence-electron chi connectivity index (χ4n) is 20.5. The van der Waals surface area contributed by atoms with E-state index in [1.165, 1.54) is 19.6 Å². The largest absolute Gasteiger partial charge is 0.457 e. The third-order valence-corrected chi connectivity index (χ3v) is 26.8. The third-order valence-electron chi connectivity index (χ3n) is 26.8. The van der Waals surface area contributed by atoms with E-state index in [-0.39, 0.29) is 81.4 Å². The zero-order chi connectivity index (χ0) is 86.8. The number of imide groups is 4. The van der Waals surface area contributed by atoms with Crippen molar-refractivity contribution in [2.45, 2.75) is 223 Å². The molecule has 0 fully saturated rings. The van der Waals surface area contributed by atoms with E-state index in [0.29, 0.717) is 105 Å². The molecule has 0 spiro atoms. The van der Waals surface area contributed by atoms with Crippen LogP contribution in [0.4, 0.5) is 22.7 Å². The summed E-state index contributed by atoms with van der Waals surface area (Å²) in [6, 6.07) is 42.1. The number of benzene rings is 11. The second-order valence-electron chi connectivity index (χ2n) is 36.1. The Morgan fingerprint density at radius 2 is 0.798 bits per heavy atom. The number of hydrogen-bond acceptors (Lipinski definition) is 12. The van der Waals surface area contributed by atoms with Crippen LogP contribution in [0.15, 0.2) is 186 Å². The van der Waals surface area contributed by atoms with E-state index < -0.39 is 41.5 Å². The van der Waals surface area contributed by atoms with E-state index in [0.717, 1.165) is 180 Å². The molecule has 4 aliphatic heterocycles. The van der Waals surface area contributed by atoms with E-state index in [9.17, 15) is 0 Å². The average molecular weight is 1660 g/mol. The monoisotopic (exact) mass is 1650 g/mol. The molecule has 11 aromatic carbocycles. The molecular weight excluding hydrogens is 1540 g/mol. The van der Waals surface area contributed by atoms with Crippen LogP contribution in [-0.4, -0.2) is 89.3 Å². The van der Waals surface area contributed by atoms with Gasteiger partial charge in [-0.15, -0.1) is 0 Å². The van der Waals surface area contributed by atoms with Crippen molar-refractivity contribution in [2.75, 3.05) is 45.8 Å². The lowest BCUT2D eigenvalue weighted by Gasteiger charge is -2.36. The number of anilines is 4. The van der Waals surface area contributed by atoms with Gasteiger partial charge in [0.05, 0.1) is 34.2 Å². The molecule has 16 nitrogen and oxygen atoms in total. The standard InChI is InChI=1S/C108H114N6O10/c1-13-17-21-25-57-109(58-26-22-18-14-2)87-55-53-81-91-75(87)37-31-39-79(91)101(115)111(103(81)117)67-41-45-69(46-42-67)123-89-61-85-93-83(105(119)113(107(85)121)99-71(63(5)6)33-29-34-72(99)64(7)8)52-50-78-96-90(62-86-94-84(51-49-77(98(94)96)95(89)97(78)93)106(120)114(108(86)122)100-73(65(9)10)35-30-36-74(100)66(11)12)124-70-47-43-68(44-48-70)112-102(116)80-40-32-38-76-88(56-54-82(92(76)80)104(112)118)110(59-27-23-19-15-3)60-28-24-20-16-4/h29,31-35,37-43,45-56,61-66,68H,13-28,30,36,44,57-60H2,1-12H3. The molecule has 1 atom stereocenters. The van der Waals surface area contributed by atoms with Gasteiger partial charge in [0.1, 0.15) is 23.0 Å². The first-order valence-electron chi connectivity index (χ1n) is 45.9. The second kappa shape index (κ2) is 34.9. The summed E-state index contributed by atoms with van der Waals surface area (Å²) in [5.41, 5.74) is 9.79. The smallest absolute Gasteiger partial charge is 0.266 e. The van der Waals surface area contributed by atoms with Gasteiger partial charge >= 0.3 is 0 Å². The van der Waals surface area contributed by atoms with Crippen molar-refractivity contribution in [2.24, 2.45) is 11.8 Å². The van der Waals surface area contributed by atoms with Crippen LogP contribution in [0, 0.1) is 11.8 Å². The first-order valence-corrected chi connectivity index (χ1v) is 45.9. The number of para-hydroxylation sites is 1. The summed E-state index contributed by atoms with van der Waals surface area (Å²) in [7, 11) is 0. The number of unbranched alkanes of at least 4 members (excludes halogenated alkanes) is 12. The summed E-state index contributed by atoms with van der Waals surface area (Å²) >= 11 is 0. The molecule has 0 saturated carbocycles. The van der Waals surface area contributed by atoms with Crippen molar-refractivity contribution in [3.05, 3.63) is 242 Å². The number of allylic oxidation sites excluding steroid dienone is 4. The highest BCUT2D eigenvalue weighted by Crippen LogP contribution is 2.55. The third kappa shape index (κ3) is 14.5. The number of nitrogens with zero attached hydrogens (tertiary/aromatic N) is 6. The fraction of sp³-hybridized carbons (Fsp3) is 0.370. The van der Waals surface area contributed by atoms with Crippen LogP contribution < -0.4 is 29.1 Å². The molecule has 6 aliphatic rings. The molecule has 11 aromatic rings. The van der Waals surface area contributed by atoms with Gasteiger partial charge in [-0.25, -0.2) is 14.7 Å². The fourth-order valence-corrected chi connectivity index (χ4v) is 20.5. The molecule has 0 bridgehead atoms. The highest BCUT2D eigenvalue weighted by atomic mass is 16.5. The summed E-state index contributed by atoms with van der Waals surface area (Å²) in [4.78, 5) is 136. The van der Waals surface area contributed by atoms with Crippen LogP contribution in [0.3, 0.4) is 0 Å². The number of ether oxygens (including phenoxy) is 2. The Kier molecular flexibility index (Phi) is 23.7. The van der Waals surface area contributed by atoms with E-state index in [2.05, 4.69) is 77.3 Å². The van der Waals surface area contributed by atoms with E-state index in [4.69, 9.17) is 9.47 Å². The van der Waals surface area contributed by atoms with Crippen molar-refractivity contribution in [1.82, 2.24) is 9.80 Å². The van der Waals surface area contributed by atoms with Crippen LogP contribution in [-0.2, 0) is 0 Å². The molecule has 636 valence electrons. The Hall–Kier alpha value is -12.0. The van der Waals surface area contributed by atoms with E-state index in [1.807, 2.05) is 119 Å². The predicted molar refractivity (Wildman–Crippen MR) is 501 cm³/mol. The van der Waals surface area contributed by atoms with Gasteiger partial charge in [-0.2, -0.15) is 0 Å². The van der Waals surface area contributed by atoms with Crippen LogP contribution >= 0.6 is 0 Å². The lowest BCUT2D eigenvalue weighted by atomic mass is 9.80. The number of hydrogen-bond donors (Lipinski definition) is 0. The second-order valence-corrected chi connectivity index (χ2v) is 36.1. The topological polar surface area (TPSA) is 174 Å². The molecule has 0 radical (unpaired) electrons. The zero-order valence-electron chi connectivity index (χ0n) is 74.0. The van der Waals surface area contributed by atoms with Crippen molar-refractivity contribution in [1.29, 1.82) is 0 Å². The zero-order valence-corrected chi connectivity index (χ0v) is 74.0. The Bertz CT molecular complexity index is 6260. The number of amides is 8. The summed E-state index contributed by atoms with van der Waals surface area (Å²) in [5.74, 6) is -2.95. The Balaban J connectivity index is 0.802. The van der Waals surface area contributed by atoms with Crippen molar-refractivity contribution in [3.8, 4) is 17.2 Å². The number of carbonyl (C=O) groups is 8. The number of fused-ring (bicyclic) bond motifs is 2. The molecule has 2 aliphatic carbocycles. The van der Waals surface area contributed by atoms with Crippen molar-refractivity contribution < 1.29 is 47.8 Å². The molecule has 0 aromatic heterocycles. The average Bonchev–Trinajstić information content (AvgIpc) is 0.675. The van der Waals surface area contributed by atoms with Gasteiger partial charge in [0.2, 0.25) is 0 Å². The van der Waals surface area contributed by atoms with Gasteiger partial charge in [0.25, 0.3) is 47.3 Å². The SMILES string of the molecule is CCCCCCN(CCCCCC)c1ccc2c3c(cccc13)C(=O)N(c1ccc(Oc3cc4c5c(ccc6c7c(OC8=CCC(N9C(=O)c%10cccc%11c(N(CCCCCC)CCCCCC)ccc(c%10%11)C9=O)C=C8)cc8c9c(ccc(c3c56)c97)C(=O)N(C3=C(C(C)C)CCC=C3C(C)C)C8=O)C(=O)N(c3c(C(C)C)cccc3C(C)C)C4=O)cc1)C2=O. The van der Waals surface area contributed by atoms with Crippen LogP contribution in [0.25, 0.3) is 64.6 Å². The Labute approximate surface area is 727 Å². The number of rotatable bonds is 34. The van der Waals surface area contributed by atoms with Crippen molar-refractivity contribution >= 4 is 135 Å². The Morgan fingerprint density at radius 1 is 0.371 bits per heavy atom. The maximum absolute atomic E-state index is 16.4. The lowest BCUT2D eigenvalue weighted by molar-refractivity contribution is 0.0566. The molecule has 4 heterocycles. The molecule has 8 amide bonds. The highest BCUT2D eigenvalue weighted by molar-refractivity contribution is 6.46. The van der Waals surface area contributed by atoms with Crippen LogP contribution in [0.1, 0.15) is 311 Å². The van der Waals surface area contributed by atoms with Gasteiger partial charge in [-0.05, 0) is 199 Å². The van der Waals surface area contributed by atoms with Gasteiger partial charge in [0, 0.05) is 125 Å². The van der Waals surface area contributed by atoms with Gasteiger partial charge in [0.15, 0.2) is 0 Å². The molecule has 17 rings (SSSR count). The molecule has 0 N–H and O–H groups in total. The maximum atomic E-state index is 16.4. The van der Waals surface area contributed by atoms with E-state index in [1.54, 1.807) is 60.7 Å². The highest BCUT2D eigenvalue weighted by Gasteiger charge is 2.45. The van der Waals surface area contributed by atoms with Gasteiger partial charge in [-0.3, -0.25) is 43.3 Å². The first-order chi connectivity index (χ1) is 60.1. The predicted octanol–water partition coefficient (Wildman–Crippen LogP) is 26.4. The maximum Gasteiger partial charge on any atom is 0.266 e. The number of carbonyl (C=O) groups excluding carboxylic acids is 8. The normalized spacial score (nSPS) is 16.0. The van der Waals surface area contributed by atoms with Crippen LogP contribution in [0.5, 0.6) is 17.2 Å². The van der Waals surface area contributed by atoms with Crippen molar-refractivity contribution in [3.63, 3.8) is 0 Å². The summed E-state index contributed by atoms with van der Waals surface area (Å²) < 4.78 is 14.7. The quantitative estimate of drug-likeness (QED) is 0.0162. The first kappa shape index (κ1) is 84.2. The molecular formula is C108H114N6O10. The van der Waals surface area contributed by atoms with Crippen LogP contribution in [0.2, 0.25) is 0 Å². The minimum Gasteiger partial charge on any atom is -0.457 e. The Morgan fingerprint density at radius 3 is 1.27 bits per heavy atom.